The molecule has 0 aromatic heterocycles. The number of hydrogen-bond acceptors (Lipinski definition) is 0. The SMILES string of the molecule is CC1=Cc2cccc([Si](C)(C)C3C=C(C(C)(C)C)c4ccccc43)c2C1.CC1=Cc2cccc([Si](C)(C)Cl)c2C1. The van der Waals surface area contributed by atoms with E-state index < -0.39 is 15.5 Å². The molecule has 3 aromatic carbocycles. The third kappa shape index (κ3) is 5.43. The van der Waals surface area contributed by atoms with E-state index in [4.69, 9.17) is 11.1 Å². The van der Waals surface area contributed by atoms with E-state index in [2.05, 4.69) is 140 Å². The summed E-state index contributed by atoms with van der Waals surface area (Å²) in [7, 11) is -3.40. The van der Waals surface area contributed by atoms with Crippen LogP contribution in [0, 0.1) is 5.41 Å². The Kier molecular flexibility index (Phi) is 7.61. The molecule has 0 bridgehead atoms. The molecule has 0 amide bonds. The first-order valence-electron chi connectivity index (χ1n) is 14.8. The lowest BCUT2D eigenvalue weighted by Crippen LogP contribution is -2.48. The van der Waals surface area contributed by atoms with Crippen molar-refractivity contribution < 1.29 is 0 Å². The van der Waals surface area contributed by atoms with Gasteiger partial charge in [0.15, 0.2) is 7.38 Å². The average Bonchev–Trinajstić information content (AvgIpc) is 3.55. The molecule has 0 fully saturated rings. The third-order valence-corrected chi connectivity index (χ3v) is 15.2. The predicted octanol–water partition coefficient (Wildman–Crippen LogP) is 9.62. The summed E-state index contributed by atoms with van der Waals surface area (Å²) in [5.74, 6) is 0. The number of allylic oxidation sites excluding steroid dienone is 4. The maximum Gasteiger partial charge on any atom is 0.181 e. The molecule has 208 valence electrons. The van der Waals surface area contributed by atoms with Gasteiger partial charge in [-0.1, -0.05) is 142 Å². The second-order valence-corrected chi connectivity index (χ2v) is 25.1. The van der Waals surface area contributed by atoms with Crippen LogP contribution < -0.4 is 10.4 Å². The predicted molar refractivity (Wildman–Crippen MR) is 184 cm³/mol. The summed E-state index contributed by atoms with van der Waals surface area (Å²) in [6, 6.07) is 22.6. The van der Waals surface area contributed by atoms with Gasteiger partial charge in [0.2, 0.25) is 0 Å². The molecule has 40 heavy (non-hydrogen) atoms. The molecule has 0 saturated heterocycles. The number of benzene rings is 3. The Morgan fingerprint density at radius 2 is 1.23 bits per heavy atom. The molecule has 0 aliphatic heterocycles. The highest BCUT2D eigenvalue weighted by molar-refractivity contribution is 7.26. The maximum atomic E-state index is 6.51. The Balaban J connectivity index is 0.000000194. The standard InChI is InChI=1S/C25H30Si.C12H15ClSi/c1-17-14-18-10-9-13-23(21(18)15-17)26(5,6)24-16-22(25(2,3)4)19-11-7-8-12-20(19)24;1-9-7-10-5-4-6-12(11(10)8-9)14(2,3)13/h7-14,16,24H,15H2,1-6H3;4-7H,8H2,1-3H3. The Morgan fingerprint density at radius 1 is 0.700 bits per heavy atom. The zero-order valence-electron chi connectivity index (χ0n) is 25.9. The Hall–Kier alpha value is -2.40. The molecule has 0 N–H and O–H groups in total. The molecule has 0 nitrogen and oxygen atoms in total. The summed E-state index contributed by atoms with van der Waals surface area (Å²) in [5.41, 5.74) is 14.1. The molecule has 0 saturated carbocycles. The maximum absolute atomic E-state index is 6.51. The highest BCUT2D eigenvalue weighted by Crippen LogP contribution is 2.48. The van der Waals surface area contributed by atoms with Crippen LogP contribution in [0.5, 0.6) is 0 Å². The van der Waals surface area contributed by atoms with Crippen LogP contribution >= 0.6 is 11.1 Å². The van der Waals surface area contributed by atoms with E-state index in [0.29, 0.717) is 5.54 Å². The van der Waals surface area contributed by atoms with Crippen LogP contribution in [0.15, 0.2) is 77.9 Å². The van der Waals surface area contributed by atoms with Crippen molar-refractivity contribution in [2.24, 2.45) is 5.41 Å². The molecule has 3 aromatic rings. The Labute approximate surface area is 249 Å². The molecule has 6 rings (SSSR count). The van der Waals surface area contributed by atoms with Gasteiger partial charge in [0, 0.05) is 5.54 Å². The van der Waals surface area contributed by atoms with Gasteiger partial charge >= 0.3 is 0 Å². The van der Waals surface area contributed by atoms with Gasteiger partial charge in [-0.3, -0.25) is 0 Å². The smallest absolute Gasteiger partial charge is 0.162 e. The van der Waals surface area contributed by atoms with E-state index in [9.17, 15) is 0 Å². The van der Waals surface area contributed by atoms with Gasteiger partial charge in [0.1, 0.15) is 0 Å². The summed E-state index contributed by atoms with van der Waals surface area (Å²) >= 11 is 6.51. The van der Waals surface area contributed by atoms with E-state index in [1.165, 1.54) is 44.2 Å². The normalized spacial score (nSPS) is 17.8. The van der Waals surface area contributed by atoms with E-state index >= 15 is 0 Å². The zero-order valence-corrected chi connectivity index (χ0v) is 28.6. The molecular weight excluding hydrogens is 536 g/mol. The molecule has 1 atom stereocenters. The first-order valence-corrected chi connectivity index (χ1v) is 21.9. The quantitative estimate of drug-likeness (QED) is 0.214. The first-order chi connectivity index (χ1) is 18.7. The van der Waals surface area contributed by atoms with E-state index in [-0.39, 0.29) is 5.41 Å². The van der Waals surface area contributed by atoms with Gasteiger partial charge in [0.05, 0.1) is 8.07 Å². The van der Waals surface area contributed by atoms with Gasteiger partial charge in [-0.25, -0.2) is 0 Å². The lowest BCUT2D eigenvalue weighted by molar-refractivity contribution is 0.567. The van der Waals surface area contributed by atoms with Crippen LogP contribution in [-0.2, 0) is 12.8 Å². The van der Waals surface area contributed by atoms with Crippen LogP contribution in [0.25, 0.3) is 17.7 Å². The summed E-state index contributed by atoms with van der Waals surface area (Å²) in [5, 5.41) is 3.05. The van der Waals surface area contributed by atoms with Gasteiger partial charge < -0.3 is 0 Å². The minimum atomic E-state index is -1.71. The van der Waals surface area contributed by atoms with Crippen molar-refractivity contribution in [3.63, 3.8) is 0 Å². The molecule has 0 heterocycles. The van der Waals surface area contributed by atoms with Crippen LogP contribution in [0.3, 0.4) is 0 Å². The number of halogens is 1. The van der Waals surface area contributed by atoms with E-state index in [0.717, 1.165) is 12.8 Å². The summed E-state index contributed by atoms with van der Waals surface area (Å²) in [6.45, 7) is 21.0. The second-order valence-electron chi connectivity index (χ2n) is 14.2. The van der Waals surface area contributed by atoms with Crippen molar-refractivity contribution in [1.82, 2.24) is 0 Å². The van der Waals surface area contributed by atoms with E-state index in [1.54, 1.807) is 16.3 Å². The van der Waals surface area contributed by atoms with Crippen molar-refractivity contribution in [2.75, 3.05) is 0 Å². The minimum absolute atomic E-state index is 0.187. The fraction of sp³-hybridized carbons (Fsp3) is 0.351. The van der Waals surface area contributed by atoms with Gasteiger partial charge in [0.25, 0.3) is 0 Å². The molecule has 0 spiro atoms. The molecule has 3 heteroatoms. The zero-order chi connectivity index (χ0) is 29.0. The molecule has 1 unspecified atom stereocenters. The molecular formula is C37H45ClSi2. The number of hydrogen-bond donors (Lipinski definition) is 0. The number of rotatable bonds is 3. The topological polar surface area (TPSA) is 0 Å². The van der Waals surface area contributed by atoms with Crippen molar-refractivity contribution >= 4 is 54.6 Å². The second kappa shape index (κ2) is 10.5. The minimum Gasteiger partial charge on any atom is -0.162 e. The van der Waals surface area contributed by atoms with Crippen molar-refractivity contribution in [1.29, 1.82) is 0 Å². The average molecular weight is 581 g/mol. The van der Waals surface area contributed by atoms with Crippen molar-refractivity contribution in [2.45, 2.75) is 79.2 Å². The fourth-order valence-corrected chi connectivity index (χ4v) is 12.5. The molecule has 3 aliphatic rings. The van der Waals surface area contributed by atoms with Gasteiger partial charge in [-0.05, 0) is 76.2 Å². The van der Waals surface area contributed by atoms with Crippen molar-refractivity contribution in [3.8, 4) is 0 Å². The third-order valence-electron chi connectivity index (χ3n) is 8.98. The fourth-order valence-electron chi connectivity index (χ4n) is 7.00. The van der Waals surface area contributed by atoms with Crippen LogP contribution in [0.2, 0.25) is 26.2 Å². The monoisotopic (exact) mass is 580 g/mol. The lowest BCUT2D eigenvalue weighted by Gasteiger charge is -2.32. The Bertz CT molecular complexity index is 1550. The lowest BCUT2D eigenvalue weighted by atomic mass is 9.83. The van der Waals surface area contributed by atoms with Crippen LogP contribution in [0.1, 0.15) is 73.5 Å². The van der Waals surface area contributed by atoms with E-state index in [1.807, 2.05) is 0 Å². The largest absolute Gasteiger partial charge is 0.181 e. The number of fused-ring (bicyclic) bond motifs is 3. The summed E-state index contributed by atoms with van der Waals surface area (Å²) < 4.78 is 0. The van der Waals surface area contributed by atoms with Crippen LogP contribution in [0.4, 0.5) is 0 Å². The van der Waals surface area contributed by atoms with Gasteiger partial charge in [-0.2, -0.15) is 11.1 Å². The van der Waals surface area contributed by atoms with Crippen LogP contribution in [-0.4, -0.2) is 15.5 Å². The van der Waals surface area contributed by atoms with Crippen molar-refractivity contribution in [3.05, 3.63) is 111 Å². The summed E-state index contributed by atoms with van der Waals surface area (Å²) in [4.78, 5) is 0. The summed E-state index contributed by atoms with van der Waals surface area (Å²) in [6.07, 6.45) is 9.49. The highest BCUT2D eigenvalue weighted by Gasteiger charge is 2.41. The first kappa shape index (κ1) is 29.1. The highest BCUT2D eigenvalue weighted by atomic mass is 35.6. The van der Waals surface area contributed by atoms with Gasteiger partial charge in [-0.15, -0.1) is 0 Å². The molecule has 0 radical (unpaired) electrons. The Morgan fingerprint density at radius 3 is 1.77 bits per heavy atom. The molecule has 3 aliphatic carbocycles.